The van der Waals surface area contributed by atoms with Crippen LogP contribution in [0.1, 0.15) is 12.5 Å². The number of hydrogen-bond donors (Lipinski definition) is 3. The van der Waals surface area contributed by atoms with Crippen molar-refractivity contribution >= 4 is 17.7 Å². The van der Waals surface area contributed by atoms with Gasteiger partial charge in [0, 0.05) is 12.2 Å². The van der Waals surface area contributed by atoms with E-state index in [0.717, 1.165) is 5.56 Å². The standard InChI is InChI=1S/C13H18N2O4/c1-3-15(11-7-5-4-6-9(11)2)13(19)14-10(8-16)12(17)18/h4-7,10,16H,3,8H2,1-2H3,(H,14,19)(H,17,18)/t10-/m1/s1. The first-order chi connectivity index (χ1) is 9.01. The summed E-state index contributed by atoms with van der Waals surface area (Å²) in [6, 6.07) is 5.47. The van der Waals surface area contributed by atoms with Crippen molar-refractivity contribution in [3.05, 3.63) is 29.8 Å². The maximum atomic E-state index is 12.0. The second-order valence-electron chi connectivity index (χ2n) is 4.05. The average Bonchev–Trinajstić information content (AvgIpc) is 2.38. The number of para-hydroxylation sites is 1. The Labute approximate surface area is 111 Å². The minimum atomic E-state index is -1.30. The molecular formula is C13H18N2O4. The molecule has 1 aromatic rings. The number of anilines is 1. The third kappa shape index (κ3) is 3.69. The lowest BCUT2D eigenvalue weighted by atomic mass is 10.2. The van der Waals surface area contributed by atoms with Crippen LogP contribution in [0.3, 0.4) is 0 Å². The Balaban J connectivity index is 2.89. The zero-order chi connectivity index (χ0) is 14.4. The van der Waals surface area contributed by atoms with E-state index in [1.165, 1.54) is 4.90 Å². The van der Waals surface area contributed by atoms with Crippen molar-refractivity contribution in [2.75, 3.05) is 18.1 Å². The average molecular weight is 266 g/mol. The van der Waals surface area contributed by atoms with E-state index in [1.807, 2.05) is 19.1 Å². The predicted octanol–water partition coefficient (Wildman–Crippen LogP) is 0.976. The summed E-state index contributed by atoms with van der Waals surface area (Å²) in [5, 5.41) is 20.0. The predicted molar refractivity (Wildman–Crippen MR) is 71.2 cm³/mol. The largest absolute Gasteiger partial charge is 0.480 e. The summed E-state index contributed by atoms with van der Waals surface area (Å²) in [6.07, 6.45) is 0. The van der Waals surface area contributed by atoms with E-state index in [-0.39, 0.29) is 0 Å². The summed E-state index contributed by atoms with van der Waals surface area (Å²) < 4.78 is 0. The first kappa shape index (κ1) is 15.0. The summed E-state index contributed by atoms with van der Waals surface area (Å²) >= 11 is 0. The molecule has 6 heteroatoms. The fourth-order valence-electron chi connectivity index (χ4n) is 1.70. The smallest absolute Gasteiger partial charge is 0.328 e. The van der Waals surface area contributed by atoms with E-state index < -0.39 is 24.6 Å². The number of aliphatic hydroxyl groups excluding tert-OH is 1. The normalized spacial score (nSPS) is 11.7. The molecule has 0 aliphatic heterocycles. The fraction of sp³-hybridized carbons (Fsp3) is 0.385. The number of nitrogens with zero attached hydrogens (tertiary/aromatic N) is 1. The van der Waals surface area contributed by atoms with Crippen LogP contribution in [-0.2, 0) is 4.79 Å². The molecule has 0 saturated carbocycles. The highest BCUT2D eigenvalue weighted by Gasteiger charge is 2.23. The molecule has 0 aliphatic rings. The first-order valence-corrected chi connectivity index (χ1v) is 5.98. The molecule has 0 saturated heterocycles. The molecule has 0 bridgehead atoms. The van der Waals surface area contributed by atoms with Crippen LogP contribution in [-0.4, -0.2) is 41.4 Å². The lowest BCUT2D eigenvalue weighted by Crippen LogP contribution is -2.49. The molecular weight excluding hydrogens is 248 g/mol. The van der Waals surface area contributed by atoms with Crippen LogP contribution >= 0.6 is 0 Å². The molecule has 0 radical (unpaired) electrons. The number of rotatable bonds is 5. The molecule has 104 valence electrons. The number of hydrogen-bond acceptors (Lipinski definition) is 3. The van der Waals surface area contributed by atoms with Crippen molar-refractivity contribution in [1.82, 2.24) is 5.32 Å². The number of benzene rings is 1. The molecule has 6 nitrogen and oxygen atoms in total. The third-order valence-electron chi connectivity index (χ3n) is 2.75. The molecule has 1 aromatic carbocycles. The lowest BCUT2D eigenvalue weighted by Gasteiger charge is -2.24. The van der Waals surface area contributed by atoms with Crippen LogP contribution in [0.2, 0.25) is 0 Å². The van der Waals surface area contributed by atoms with E-state index >= 15 is 0 Å². The summed E-state index contributed by atoms with van der Waals surface area (Å²) in [6.45, 7) is 3.41. The number of carboxylic acid groups (broad SMARTS) is 1. The number of aliphatic carboxylic acids is 1. The number of urea groups is 1. The number of carboxylic acids is 1. The van der Waals surface area contributed by atoms with Gasteiger partial charge in [0.2, 0.25) is 0 Å². The summed E-state index contributed by atoms with van der Waals surface area (Å²) in [5.41, 5.74) is 1.62. The van der Waals surface area contributed by atoms with Crippen molar-refractivity contribution in [3.8, 4) is 0 Å². The second-order valence-corrected chi connectivity index (χ2v) is 4.05. The van der Waals surface area contributed by atoms with E-state index in [9.17, 15) is 9.59 Å². The Bertz CT molecular complexity index is 462. The number of aryl methyl sites for hydroxylation is 1. The number of aliphatic hydroxyl groups is 1. The van der Waals surface area contributed by atoms with Gasteiger partial charge in [-0.25, -0.2) is 9.59 Å². The molecule has 1 rings (SSSR count). The van der Waals surface area contributed by atoms with E-state index in [2.05, 4.69) is 5.32 Å². The van der Waals surface area contributed by atoms with E-state index in [1.54, 1.807) is 19.1 Å². The van der Waals surface area contributed by atoms with Crippen molar-refractivity contribution < 1.29 is 19.8 Å². The van der Waals surface area contributed by atoms with Gasteiger partial charge < -0.3 is 15.5 Å². The zero-order valence-electron chi connectivity index (χ0n) is 11.0. The maximum absolute atomic E-state index is 12.0. The maximum Gasteiger partial charge on any atom is 0.328 e. The molecule has 0 unspecified atom stereocenters. The molecule has 0 fully saturated rings. The summed E-state index contributed by atoms with van der Waals surface area (Å²) in [7, 11) is 0. The number of carbonyl (C=O) groups excluding carboxylic acids is 1. The van der Waals surface area contributed by atoms with Gasteiger partial charge in [-0.05, 0) is 25.5 Å². The Hall–Kier alpha value is -2.08. The highest BCUT2D eigenvalue weighted by molar-refractivity contribution is 5.95. The Morgan fingerprint density at radius 3 is 2.47 bits per heavy atom. The highest BCUT2D eigenvalue weighted by atomic mass is 16.4. The Kier molecular flexibility index (Phi) is 5.32. The van der Waals surface area contributed by atoms with Gasteiger partial charge in [-0.2, -0.15) is 0 Å². The van der Waals surface area contributed by atoms with Gasteiger partial charge in [0.05, 0.1) is 6.61 Å². The monoisotopic (exact) mass is 266 g/mol. The molecule has 1 atom stereocenters. The summed E-state index contributed by atoms with van der Waals surface area (Å²) in [4.78, 5) is 24.3. The van der Waals surface area contributed by atoms with Crippen LogP contribution in [0.25, 0.3) is 0 Å². The van der Waals surface area contributed by atoms with Crippen LogP contribution in [0, 0.1) is 6.92 Å². The van der Waals surface area contributed by atoms with Gasteiger partial charge in [0.25, 0.3) is 0 Å². The lowest BCUT2D eigenvalue weighted by molar-refractivity contribution is -0.140. The van der Waals surface area contributed by atoms with Crippen LogP contribution in [0.5, 0.6) is 0 Å². The molecule has 0 aliphatic carbocycles. The minimum absolute atomic E-state index is 0.397. The topological polar surface area (TPSA) is 89.9 Å². The number of carbonyl (C=O) groups is 2. The van der Waals surface area contributed by atoms with Crippen LogP contribution in [0.15, 0.2) is 24.3 Å². The minimum Gasteiger partial charge on any atom is -0.480 e. The molecule has 2 amide bonds. The Morgan fingerprint density at radius 1 is 1.37 bits per heavy atom. The van der Waals surface area contributed by atoms with Gasteiger partial charge in [-0.15, -0.1) is 0 Å². The zero-order valence-corrected chi connectivity index (χ0v) is 11.0. The molecule has 0 heterocycles. The molecule has 0 aromatic heterocycles. The Morgan fingerprint density at radius 2 is 2.00 bits per heavy atom. The van der Waals surface area contributed by atoms with E-state index in [0.29, 0.717) is 12.2 Å². The molecule has 3 N–H and O–H groups in total. The quantitative estimate of drug-likeness (QED) is 0.741. The van der Waals surface area contributed by atoms with Gasteiger partial charge >= 0.3 is 12.0 Å². The fourth-order valence-corrected chi connectivity index (χ4v) is 1.70. The van der Waals surface area contributed by atoms with Gasteiger partial charge in [0.1, 0.15) is 0 Å². The van der Waals surface area contributed by atoms with Gasteiger partial charge in [0.15, 0.2) is 6.04 Å². The molecule has 0 spiro atoms. The SMILES string of the molecule is CCN(C(=O)N[C@H](CO)C(=O)O)c1ccccc1C. The third-order valence-corrected chi connectivity index (χ3v) is 2.75. The summed E-state index contributed by atoms with van der Waals surface area (Å²) in [5.74, 6) is -1.27. The van der Waals surface area contributed by atoms with Gasteiger partial charge in [-0.3, -0.25) is 4.90 Å². The second kappa shape index (κ2) is 6.75. The first-order valence-electron chi connectivity index (χ1n) is 5.98. The van der Waals surface area contributed by atoms with Crippen molar-refractivity contribution in [2.24, 2.45) is 0 Å². The van der Waals surface area contributed by atoms with Crippen molar-refractivity contribution in [1.29, 1.82) is 0 Å². The van der Waals surface area contributed by atoms with Crippen molar-refractivity contribution in [2.45, 2.75) is 19.9 Å². The number of nitrogens with one attached hydrogen (secondary N) is 1. The number of amides is 2. The van der Waals surface area contributed by atoms with Crippen molar-refractivity contribution in [3.63, 3.8) is 0 Å². The van der Waals surface area contributed by atoms with Crippen LogP contribution in [0.4, 0.5) is 10.5 Å². The van der Waals surface area contributed by atoms with Gasteiger partial charge in [-0.1, -0.05) is 18.2 Å². The molecule has 19 heavy (non-hydrogen) atoms. The van der Waals surface area contributed by atoms with E-state index in [4.69, 9.17) is 10.2 Å². The highest BCUT2D eigenvalue weighted by Crippen LogP contribution is 2.19. The van der Waals surface area contributed by atoms with Crippen LogP contribution < -0.4 is 10.2 Å².